The van der Waals surface area contributed by atoms with Gasteiger partial charge in [-0.1, -0.05) is 18.2 Å². The first kappa shape index (κ1) is 15.7. The average Bonchev–Trinajstić information content (AvgIpc) is 3.03. The number of rotatable bonds is 5. The van der Waals surface area contributed by atoms with E-state index >= 15 is 0 Å². The van der Waals surface area contributed by atoms with Crippen LogP contribution in [0.2, 0.25) is 0 Å². The van der Waals surface area contributed by atoms with Crippen molar-refractivity contribution >= 4 is 11.7 Å². The lowest BCUT2D eigenvalue weighted by Gasteiger charge is -2.08. The van der Waals surface area contributed by atoms with Crippen molar-refractivity contribution in [3.63, 3.8) is 0 Å². The number of benzene rings is 1. The van der Waals surface area contributed by atoms with Crippen LogP contribution < -0.4 is 10.6 Å². The van der Waals surface area contributed by atoms with E-state index in [9.17, 15) is 4.79 Å². The van der Waals surface area contributed by atoms with E-state index in [0.29, 0.717) is 24.5 Å². The fourth-order valence-corrected chi connectivity index (χ4v) is 2.23. The van der Waals surface area contributed by atoms with Crippen molar-refractivity contribution in [3.05, 3.63) is 60.7 Å². The maximum Gasteiger partial charge on any atom is 0.319 e. The molecular formula is C17H18N6O. The molecule has 0 saturated heterocycles. The minimum Gasteiger partial charge on any atom is -0.337 e. The molecule has 2 heterocycles. The molecule has 0 spiro atoms. The highest BCUT2D eigenvalue weighted by molar-refractivity contribution is 5.89. The number of carbonyl (C=O) groups excluding carboxylic acids is 1. The Morgan fingerprint density at radius 1 is 1.17 bits per heavy atom. The Morgan fingerprint density at radius 3 is 2.83 bits per heavy atom. The highest BCUT2D eigenvalue weighted by Gasteiger charge is 2.06. The van der Waals surface area contributed by atoms with Crippen LogP contribution in [0.3, 0.4) is 0 Å². The number of carbonyl (C=O) groups is 1. The first-order valence-electron chi connectivity index (χ1n) is 7.61. The Kier molecular flexibility index (Phi) is 4.81. The first-order valence-corrected chi connectivity index (χ1v) is 7.61. The molecule has 2 N–H and O–H groups in total. The number of anilines is 1. The van der Waals surface area contributed by atoms with Crippen LogP contribution >= 0.6 is 0 Å². The highest BCUT2D eigenvalue weighted by atomic mass is 16.2. The predicted octanol–water partition coefficient (Wildman–Crippen LogP) is 2.24. The van der Waals surface area contributed by atoms with E-state index in [4.69, 9.17) is 0 Å². The van der Waals surface area contributed by atoms with Crippen LogP contribution in [0.25, 0.3) is 11.4 Å². The number of urea groups is 1. The third-order valence-corrected chi connectivity index (χ3v) is 3.37. The van der Waals surface area contributed by atoms with E-state index in [1.807, 2.05) is 49.5 Å². The van der Waals surface area contributed by atoms with Crippen molar-refractivity contribution in [3.8, 4) is 11.4 Å². The number of pyridine rings is 1. The van der Waals surface area contributed by atoms with Gasteiger partial charge in [-0.15, -0.1) is 0 Å². The highest BCUT2D eigenvalue weighted by Crippen LogP contribution is 2.18. The molecule has 3 rings (SSSR count). The molecule has 122 valence electrons. The van der Waals surface area contributed by atoms with Gasteiger partial charge in [-0.05, 0) is 24.3 Å². The van der Waals surface area contributed by atoms with Gasteiger partial charge in [0.15, 0.2) is 5.82 Å². The molecule has 7 heteroatoms. The summed E-state index contributed by atoms with van der Waals surface area (Å²) >= 11 is 0. The zero-order valence-corrected chi connectivity index (χ0v) is 13.3. The van der Waals surface area contributed by atoms with E-state index in [1.165, 1.54) is 0 Å². The summed E-state index contributed by atoms with van der Waals surface area (Å²) in [6, 6.07) is 12.9. The number of hydrogen-bond donors (Lipinski definition) is 2. The summed E-state index contributed by atoms with van der Waals surface area (Å²) in [7, 11) is 1.81. The maximum atomic E-state index is 12.0. The number of nitrogens with zero attached hydrogens (tertiary/aromatic N) is 4. The third kappa shape index (κ3) is 4.16. The Morgan fingerprint density at radius 2 is 2.08 bits per heavy atom. The molecule has 0 bridgehead atoms. The Balaban J connectivity index is 1.54. The molecule has 3 aromatic rings. The summed E-state index contributed by atoms with van der Waals surface area (Å²) in [6.45, 7) is 0.518. The van der Waals surface area contributed by atoms with Gasteiger partial charge in [0.05, 0.1) is 0 Å². The fourth-order valence-electron chi connectivity index (χ4n) is 2.23. The van der Waals surface area contributed by atoms with Gasteiger partial charge in [-0.3, -0.25) is 9.67 Å². The van der Waals surface area contributed by atoms with Crippen LogP contribution in [0.4, 0.5) is 10.5 Å². The zero-order valence-electron chi connectivity index (χ0n) is 13.3. The van der Waals surface area contributed by atoms with Crippen molar-refractivity contribution in [2.24, 2.45) is 7.05 Å². The zero-order chi connectivity index (χ0) is 16.8. The molecular weight excluding hydrogens is 304 g/mol. The summed E-state index contributed by atoms with van der Waals surface area (Å²) in [5.74, 6) is 0.622. The van der Waals surface area contributed by atoms with Gasteiger partial charge in [0, 0.05) is 43.2 Å². The number of aromatic nitrogens is 4. The molecule has 2 aromatic heterocycles. The van der Waals surface area contributed by atoms with E-state index < -0.39 is 0 Å². The minimum atomic E-state index is -0.253. The lowest BCUT2D eigenvalue weighted by molar-refractivity contribution is 0.252. The van der Waals surface area contributed by atoms with Gasteiger partial charge in [0.25, 0.3) is 0 Å². The monoisotopic (exact) mass is 322 g/mol. The first-order chi connectivity index (χ1) is 11.7. The van der Waals surface area contributed by atoms with Crippen LogP contribution in [0, 0.1) is 0 Å². The van der Waals surface area contributed by atoms with Crippen molar-refractivity contribution in [2.75, 3.05) is 11.9 Å². The second kappa shape index (κ2) is 7.36. The molecule has 24 heavy (non-hydrogen) atoms. The summed E-state index contributed by atoms with van der Waals surface area (Å²) in [4.78, 5) is 20.4. The van der Waals surface area contributed by atoms with Gasteiger partial charge < -0.3 is 10.6 Å². The second-order valence-electron chi connectivity index (χ2n) is 5.27. The average molecular weight is 322 g/mol. The molecule has 0 fully saturated rings. The van der Waals surface area contributed by atoms with Gasteiger partial charge in [-0.25, -0.2) is 9.78 Å². The molecule has 0 radical (unpaired) electrons. The second-order valence-corrected chi connectivity index (χ2v) is 5.27. The smallest absolute Gasteiger partial charge is 0.319 e. The Bertz CT molecular complexity index is 815. The van der Waals surface area contributed by atoms with E-state index in [1.54, 1.807) is 17.2 Å². The van der Waals surface area contributed by atoms with Gasteiger partial charge in [0.1, 0.15) is 6.33 Å². The predicted molar refractivity (Wildman–Crippen MR) is 91.4 cm³/mol. The van der Waals surface area contributed by atoms with E-state index in [0.717, 1.165) is 11.3 Å². The number of amides is 2. The largest absolute Gasteiger partial charge is 0.337 e. The van der Waals surface area contributed by atoms with Crippen LogP contribution in [-0.4, -0.2) is 32.3 Å². The molecule has 0 unspecified atom stereocenters. The van der Waals surface area contributed by atoms with Crippen LogP contribution in [-0.2, 0) is 13.5 Å². The van der Waals surface area contributed by atoms with Crippen molar-refractivity contribution < 1.29 is 4.79 Å². The molecule has 1 aromatic carbocycles. The molecule has 0 aliphatic carbocycles. The minimum absolute atomic E-state index is 0.253. The Hall–Kier alpha value is -3.22. The molecule has 0 atom stereocenters. The van der Waals surface area contributed by atoms with E-state index in [2.05, 4.69) is 25.7 Å². The number of hydrogen-bond acceptors (Lipinski definition) is 4. The fraction of sp³-hybridized carbons (Fsp3) is 0.176. The summed E-state index contributed by atoms with van der Waals surface area (Å²) in [5, 5.41) is 9.88. The van der Waals surface area contributed by atoms with Gasteiger partial charge in [0.2, 0.25) is 0 Å². The van der Waals surface area contributed by atoms with Crippen LogP contribution in [0.5, 0.6) is 0 Å². The Labute approximate surface area is 139 Å². The maximum absolute atomic E-state index is 12.0. The van der Waals surface area contributed by atoms with Crippen molar-refractivity contribution in [2.45, 2.75) is 6.42 Å². The molecule has 2 amide bonds. The summed E-state index contributed by atoms with van der Waals surface area (Å²) in [6.07, 6.45) is 4.07. The van der Waals surface area contributed by atoms with Crippen LogP contribution in [0.1, 0.15) is 5.69 Å². The summed E-state index contributed by atoms with van der Waals surface area (Å²) in [5.41, 5.74) is 2.48. The van der Waals surface area contributed by atoms with Crippen LogP contribution in [0.15, 0.2) is 55.0 Å². The molecule has 0 aliphatic heterocycles. The third-order valence-electron chi connectivity index (χ3n) is 3.37. The standard InChI is InChI=1S/C17H18N6O/c1-23-12-20-16(22-23)13-5-4-7-15(11-13)21-17(24)19-10-8-14-6-2-3-9-18-14/h2-7,9,11-12H,8,10H2,1H3,(H2,19,21,24). The number of aryl methyl sites for hydroxylation is 1. The normalized spacial score (nSPS) is 10.4. The SMILES string of the molecule is Cn1cnc(-c2cccc(NC(=O)NCCc3ccccn3)c2)n1. The molecule has 7 nitrogen and oxygen atoms in total. The summed E-state index contributed by atoms with van der Waals surface area (Å²) < 4.78 is 1.64. The van der Waals surface area contributed by atoms with Gasteiger partial charge in [-0.2, -0.15) is 5.10 Å². The lowest BCUT2D eigenvalue weighted by atomic mass is 10.2. The quantitative estimate of drug-likeness (QED) is 0.754. The van der Waals surface area contributed by atoms with Gasteiger partial charge >= 0.3 is 6.03 Å². The molecule has 0 aliphatic rings. The lowest BCUT2D eigenvalue weighted by Crippen LogP contribution is -2.30. The topological polar surface area (TPSA) is 84.7 Å². The number of nitrogens with one attached hydrogen (secondary N) is 2. The van der Waals surface area contributed by atoms with Crippen molar-refractivity contribution in [1.29, 1.82) is 0 Å². The van der Waals surface area contributed by atoms with E-state index in [-0.39, 0.29) is 6.03 Å². The molecule has 0 saturated carbocycles. The van der Waals surface area contributed by atoms with Crippen molar-refractivity contribution in [1.82, 2.24) is 25.1 Å².